The number of benzene rings is 1. The number of imidazole rings is 1. The molecular formula is C29H28N4O5S. The summed E-state index contributed by atoms with van der Waals surface area (Å²) in [5, 5.41) is 11.9. The summed E-state index contributed by atoms with van der Waals surface area (Å²) in [7, 11) is 0. The van der Waals surface area contributed by atoms with Gasteiger partial charge in [0.2, 0.25) is 0 Å². The van der Waals surface area contributed by atoms with E-state index in [1.165, 1.54) is 11.8 Å². The SMILES string of the molecule is CCCCOc1ccc(C2/C(=C(\O)c3c(C)nc4ccccn34)C(=O)C(=O)N2c2nc(C)c(C(C)=O)s2)cc1. The molecule has 1 N–H and O–H groups in total. The molecule has 0 saturated carbocycles. The van der Waals surface area contributed by atoms with Crippen LogP contribution in [0, 0.1) is 13.8 Å². The highest BCUT2D eigenvalue weighted by Gasteiger charge is 2.48. The van der Waals surface area contributed by atoms with Gasteiger partial charge in [-0.2, -0.15) is 0 Å². The number of aryl methyl sites for hydroxylation is 2. The zero-order valence-electron chi connectivity index (χ0n) is 22.1. The molecule has 1 unspecified atom stereocenters. The first kappa shape index (κ1) is 26.3. The van der Waals surface area contributed by atoms with Gasteiger partial charge in [-0.3, -0.25) is 23.7 Å². The highest BCUT2D eigenvalue weighted by molar-refractivity contribution is 7.18. The van der Waals surface area contributed by atoms with Crippen LogP contribution in [-0.2, 0) is 9.59 Å². The second kappa shape index (κ2) is 10.5. The number of Topliss-reactive ketones (excluding diaryl/α,β-unsaturated/α-hetero) is 2. The summed E-state index contributed by atoms with van der Waals surface area (Å²) >= 11 is 1.05. The number of hydrogen-bond donors (Lipinski definition) is 1. The number of aromatic nitrogens is 3. The second-order valence-electron chi connectivity index (χ2n) is 9.38. The first-order chi connectivity index (χ1) is 18.7. The lowest BCUT2D eigenvalue weighted by Crippen LogP contribution is -2.29. The van der Waals surface area contributed by atoms with E-state index in [0.717, 1.165) is 24.2 Å². The summed E-state index contributed by atoms with van der Waals surface area (Å²) in [5.74, 6) is -1.53. The molecule has 0 radical (unpaired) electrons. The molecule has 0 aliphatic carbocycles. The molecule has 4 aromatic rings. The van der Waals surface area contributed by atoms with Gasteiger partial charge in [0, 0.05) is 13.1 Å². The average Bonchev–Trinajstić information content (AvgIpc) is 3.54. The van der Waals surface area contributed by atoms with E-state index in [2.05, 4.69) is 16.9 Å². The minimum absolute atomic E-state index is 0.0781. The first-order valence-electron chi connectivity index (χ1n) is 12.7. The highest BCUT2D eigenvalue weighted by atomic mass is 32.1. The monoisotopic (exact) mass is 544 g/mol. The number of aliphatic hydroxyl groups is 1. The number of amides is 1. The maximum atomic E-state index is 13.6. The summed E-state index contributed by atoms with van der Waals surface area (Å²) in [6.45, 7) is 7.51. The molecule has 10 heteroatoms. The lowest BCUT2D eigenvalue weighted by molar-refractivity contribution is -0.132. The van der Waals surface area contributed by atoms with Crippen molar-refractivity contribution in [1.29, 1.82) is 0 Å². The number of aliphatic hydroxyl groups excluding tert-OH is 1. The van der Waals surface area contributed by atoms with Gasteiger partial charge in [0.1, 0.15) is 17.1 Å². The molecule has 1 aliphatic rings. The third-order valence-electron chi connectivity index (χ3n) is 6.65. The normalized spacial score (nSPS) is 16.8. The Hall–Kier alpha value is -4.31. The van der Waals surface area contributed by atoms with E-state index in [1.807, 2.05) is 6.07 Å². The molecular weight excluding hydrogens is 516 g/mol. The summed E-state index contributed by atoms with van der Waals surface area (Å²) < 4.78 is 7.47. The van der Waals surface area contributed by atoms with Gasteiger partial charge in [-0.25, -0.2) is 9.97 Å². The quantitative estimate of drug-likeness (QED) is 0.104. The van der Waals surface area contributed by atoms with E-state index in [0.29, 0.717) is 45.5 Å². The van der Waals surface area contributed by atoms with E-state index in [4.69, 9.17) is 4.74 Å². The number of carbonyl (C=O) groups is 3. The van der Waals surface area contributed by atoms with Crippen LogP contribution in [0.1, 0.15) is 65.0 Å². The van der Waals surface area contributed by atoms with E-state index in [1.54, 1.807) is 60.8 Å². The Labute approximate surface area is 229 Å². The van der Waals surface area contributed by atoms with E-state index < -0.39 is 17.7 Å². The Bertz CT molecular complexity index is 1630. The van der Waals surface area contributed by atoms with Crippen LogP contribution in [0.3, 0.4) is 0 Å². The van der Waals surface area contributed by atoms with Crippen molar-refractivity contribution in [3.05, 3.63) is 81.8 Å². The van der Waals surface area contributed by atoms with Crippen LogP contribution in [0.15, 0.2) is 54.2 Å². The molecule has 200 valence electrons. The highest BCUT2D eigenvalue weighted by Crippen LogP contribution is 2.44. The summed E-state index contributed by atoms with van der Waals surface area (Å²) in [4.78, 5) is 49.9. The van der Waals surface area contributed by atoms with Crippen LogP contribution in [0.5, 0.6) is 5.75 Å². The fourth-order valence-electron chi connectivity index (χ4n) is 4.76. The molecule has 5 rings (SSSR count). The van der Waals surface area contributed by atoms with Crippen molar-refractivity contribution < 1.29 is 24.2 Å². The topological polar surface area (TPSA) is 114 Å². The van der Waals surface area contributed by atoms with Crippen molar-refractivity contribution >= 4 is 45.3 Å². The van der Waals surface area contributed by atoms with Gasteiger partial charge in [0.05, 0.1) is 34.5 Å². The zero-order chi connectivity index (χ0) is 27.8. The van der Waals surface area contributed by atoms with Crippen molar-refractivity contribution in [3.8, 4) is 5.75 Å². The predicted molar refractivity (Wildman–Crippen MR) is 148 cm³/mol. The van der Waals surface area contributed by atoms with Crippen LogP contribution < -0.4 is 9.64 Å². The van der Waals surface area contributed by atoms with Crippen LogP contribution in [-0.4, -0.2) is 43.6 Å². The Morgan fingerprint density at radius 1 is 1.08 bits per heavy atom. The average molecular weight is 545 g/mol. The third-order valence-corrected chi connectivity index (χ3v) is 7.90. The number of thiazole rings is 1. The van der Waals surface area contributed by atoms with E-state index in [9.17, 15) is 19.5 Å². The standard InChI is InChI=1S/C29H28N4O5S/c1-5-6-15-38-20-12-10-19(11-13-20)24-22(25(35)23-16(2)30-21-9-7-8-14-32(21)23)26(36)28(37)33(24)29-31-17(3)27(39-29)18(4)34/h7-14,24,35H,5-6,15H2,1-4H3/b25-22+. The van der Waals surface area contributed by atoms with Gasteiger partial charge < -0.3 is 9.84 Å². The number of pyridine rings is 1. The van der Waals surface area contributed by atoms with Crippen LogP contribution in [0.4, 0.5) is 5.13 Å². The molecule has 0 spiro atoms. The Morgan fingerprint density at radius 3 is 2.49 bits per heavy atom. The first-order valence-corrected chi connectivity index (χ1v) is 13.5. The second-order valence-corrected chi connectivity index (χ2v) is 10.4. The van der Waals surface area contributed by atoms with Crippen LogP contribution in [0.25, 0.3) is 11.4 Å². The maximum Gasteiger partial charge on any atom is 0.301 e. The maximum absolute atomic E-state index is 13.6. The molecule has 1 atom stereocenters. The van der Waals surface area contributed by atoms with Gasteiger partial charge >= 0.3 is 5.91 Å². The molecule has 1 fully saturated rings. The van der Waals surface area contributed by atoms with Crippen molar-refractivity contribution in [1.82, 2.24) is 14.4 Å². The van der Waals surface area contributed by atoms with Gasteiger partial charge in [-0.1, -0.05) is 42.9 Å². The molecule has 1 saturated heterocycles. The largest absolute Gasteiger partial charge is 0.505 e. The number of unbranched alkanes of at least 4 members (excludes halogenated alkanes) is 1. The molecule has 1 amide bonds. The number of nitrogens with zero attached hydrogens (tertiary/aromatic N) is 4. The fraction of sp³-hybridized carbons (Fsp3) is 0.276. The molecule has 9 nitrogen and oxygen atoms in total. The molecule has 39 heavy (non-hydrogen) atoms. The number of anilines is 1. The van der Waals surface area contributed by atoms with Crippen LogP contribution >= 0.6 is 11.3 Å². The number of rotatable bonds is 8. The number of hydrogen-bond acceptors (Lipinski definition) is 8. The van der Waals surface area contributed by atoms with Gasteiger partial charge in [0.15, 0.2) is 16.7 Å². The fourth-order valence-corrected chi connectivity index (χ4v) is 5.75. The summed E-state index contributed by atoms with van der Waals surface area (Å²) in [5.41, 5.74) is 2.41. The van der Waals surface area contributed by atoms with E-state index >= 15 is 0 Å². The number of fused-ring (bicyclic) bond motifs is 1. The van der Waals surface area contributed by atoms with Gasteiger partial charge in [-0.15, -0.1) is 0 Å². The van der Waals surface area contributed by atoms with Crippen molar-refractivity contribution in [2.75, 3.05) is 11.5 Å². The van der Waals surface area contributed by atoms with Gasteiger partial charge in [0.25, 0.3) is 5.78 Å². The summed E-state index contributed by atoms with van der Waals surface area (Å²) in [6.07, 6.45) is 3.66. The van der Waals surface area contributed by atoms with Crippen molar-refractivity contribution in [2.45, 2.75) is 46.6 Å². The summed E-state index contributed by atoms with van der Waals surface area (Å²) in [6, 6.07) is 11.5. The minimum atomic E-state index is -0.978. The van der Waals surface area contributed by atoms with Crippen molar-refractivity contribution in [3.63, 3.8) is 0 Å². The molecule has 1 aromatic carbocycles. The molecule has 0 bridgehead atoms. The van der Waals surface area contributed by atoms with E-state index in [-0.39, 0.29) is 22.2 Å². The third kappa shape index (κ3) is 4.61. The Balaban J connectivity index is 1.69. The number of carbonyl (C=O) groups excluding carboxylic acids is 3. The predicted octanol–water partition coefficient (Wildman–Crippen LogP) is 5.42. The lowest BCUT2D eigenvalue weighted by Gasteiger charge is -2.23. The molecule has 4 heterocycles. The smallest absolute Gasteiger partial charge is 0.301 e. The number of ether oxygens (including phenoxy) is 1. The lowest BCUT2D eigenvalue weighted by atomic mass is 9.96. The molecule has 3 aromatic heterocycles. The molecule has 1 aliphatic heterocycles. The van der Waals surface area contributed by atoms with Crippen molar-refractivity contribution in [2.24, 2.45) is 0 Å². The zero-order valence-corrected chi connectivity index (χ0v) is 22.9. The van der Waals surface area contributed by atoms with Crippen LogP contribution in [0.2, 0.25) is 0 Å². The minimum Gasteiger partial charge on any atom is -0.505 e. The Morgan fingerprint density at radius 2 is 1.82 bits per heavy atom. The van der Waals surface area contributed by atoms with Gasteiger partial charge in [-0.05, 0) is 50.1 Å². The Kier molecular flexibility index (Phi) is 7.05. The number of ketones is 2.